The van der Waals surface area contributed by atoms with Crippen molar-refractivity contribution < 1.29 is 5.11 Å². The smallest absolute Gasteiger partial charge is 0.115 e. The monoisotopic (exact) mass is 301 g/mol. The molecule has 0 bridgehead atoms. The largest absolute Gasteiger partial charge is 0.508 e. The van der Waals surface area contributed by atoms with Gasteiger partial charge in [0, 0.05) is 11.1 Å². The van der Waals surface area contributed by atoms with Crippen molar-refractivity contribution in [3.8, 4) is 5.75 Å². The Hall–Kier alpha value is -1.51. The maximum absolute atomic E-state index is 9.59. The van der Waals surface area contributed by atoms with Crippen LogP contribution >= 0.6 is 11.6 Å². The minimum absolute atomic E-state index is 0.371. The molecule has 1 unspecified atom stereocenters. The zero-order valence-electron chi connectivity index (χ0n) is 12.0. The average Bonchev–Trinajstić information content (AvgIpc) is 2.49. The molecule has 1 aliphatic rings. The van der Waals surface area contributed by atoms with Gasteiger partial charge in [0.15, 0.2) is 0 Å². The quantitative estimate of drug-likeness (QED) is 0.884. The van der Waals surface area contributed by atoms with Crippen LogP contribution in [0.5, 0.6) is 5.75 Å². The molecule has 0 saturated heterocycles. The van der Waals surface area contributed by atoms with Crippen LogP contribution in [0.3, 0.4) is 0 Å². The second kappa shape index (κ2) is 6.50. The molecular formula is C18H20ClNO. The number of hydrogen-bond donors (Lipinski definition) is 2. The van der Waals surface area contributed by atoms with Gasteiger partial charge in [-0.3, -0.25) is 0 Å². The number of fused-ring (bicyclic) bond motifs is 1. The van der Waals surface area contributed by atoms with Gasteiger partial charge >= 0.3 is 0 Å². The maximum atomic E-state index is 9.59. The summed E-state index contributed by atoms with van der Waals surface area (Å²) < 4.78 is 0. The Kier molecular flexibility index (Phi) is 4.47. The van der Waals surface area contributed by atoms with Crippen molar-refractivity contribution >= 4 is 11.6 Å². The fourth-order valence-corrected chi connectivity index (χ4v) is 3.18. The number of phenolic OH excluding ortho intramolecular Hbond substituents is 1. The van der Waals surface area contributed by atoms with Crippen LogP contribution in [-0.4, -0.2) is 11.7 Å². The molecule has 2 aromatic carbocycles. The first-order valence-corrected chi connectivity index (χ1v) is 7.90. The molecule has 3 heteroatoms. The van der Waals surface area contributed by atoms with Crippen LogP contribution in [0.15, 0.2) is 42.5 Å². The first-order chi connectivity index (χ1) is 10.2. The molecule has 21 heavy (non-hydrogen) atoms. The molecule has 0 aliphatic heterocycles. The van der Waals surface area contributed by atoms with Gasteiger partial charge in [0.2, 0.25) is 0 Å². The molecule has 1 aliphatic carbocycles. The third-order valence-corrected chi connectivity index (χ3v) is 4.41. The van der Waals surface area contributed by atoms with Gasteiger partial charge in [-0.15, -0.1) is 0 Å². The summed E-state index contributed by atoms with van der Waals surface area (Å²) in [6, 6.07) is 14.2. The van der Waals surface area contributed by atoms with Crippen molar-refractivity contribution in [2.45, 2.75) is 31.7 Å². The number of rotatable bonds is 4. The number of benzene rings is 2. The molecule has 1 atom stereocenters. The molecule has 0 amide bonds. The van der Waals surface area contributed by atoms with E-state index in [0.29, 0.717) is 11.8 Å². The molecule has 3 rings (SSSR count). The van der Waals surface area contributed by atoms with Crippen molar-refractivity contribution in [3.63, 3.8) is 0 Å². The van der Waals surface area contributed by atoms with E-state index in [1.807, 2.05) is 18.2 Å². The summed E-state index contributed by atoms with van der Waals surface area (Å²) >= 11 is 5.90. The van der Waals surface area contributed by atoms with Gasteiger partial charge in [0.25, 0.3) is 0 Å². The second-order valence-electron chi connectivity index (χ2n) is 5.66. The minimum atomic E-state index is 0.371. The van der Waals surface area contributed by atoms with Crippen LogP contribution in [0.4, 0.5) is 0 Å². The van der Waals surface area contributed by atoms with Gasteiger partial charge in [0.1, 0.15) is 5.75 Å². The molecule has 0 radical (unpaired) electrons. The van der Waals surface area contributed by atoms with Crippen LogP contribution in [0.2, 0.25) is 5.02 Å². The summed E-state index contributed by atoms with van der Waals surface area (Å²) in [6.45, 7) is 0.951. The van der Waals surface area contributed by atoms with Crippen molar-refractivity contribution in [2.24, 2.45) is 0 Å². The second-order valence-corrected chi connectivity index (χ2v) is 6.09. The van der Waals surface area contributed by atoms with Crippen molar-refractivity contribution in [1.82, 2.24) is 5.32 Å². The predicted octanol–water partition coefficient (Wildman–Crippen LogP) is 4.26. The first kappa shape index (κ1) is 14.4. The van der Waals surface area contributed by atoms with Crippen LogP contribution < -0.4 is 5.32 Å². The number of aryl methyl sites for hydroxylation is 1. The molecule has 2 nitrogen and oxygen atoms in total. The van der Waals surface area contributed by atoms with E-state index in [1.54, 1.807) is 6.07 Å². The Morgan fingerprint density at radius 3 is 2.76 bits per heavy atom. The number of aromatic hydroxyl groups is 1. The molecular weight excluding hydrogens is 282 g/mol. The lowest BCUT2D eigenvalue weighted by Crippen LogP contribution is -2.27. The van der Waals surface area contributed by atoms with Gasteiger partial charge in [-0.2, -0.15) is 0 Å². The van der Waals surface area contributed by atoms with Crippen molar-refractivity contribution in [3.05, 3.63) is 64.2 Å². The third-order valence-electron chi connectivity index (χ3n) is 4.16. The molecule has 0 spiro atoms. The molecule has 0 aromatic heterocycles. The summed E-state index contributed by atoms with van der Waals surface area (Å²) in [5, 5.41) is 14.0. The average molecular weight is 302 g/mol. The Bertz CT molecular complexity index is 609. The topological polar surface area (TPSA) is 32.3 Å². The molecule has 110 valence electrons. The fraction of sp³-hybridized carbons (Fsp3) is 0.333. The summed E-state index contributed by atoms with van der Waals surface area (Å²) in [6.07, 6.45) is 4.41. The number of phenols is 1. The van der Waals surface area contributed by atoms with E-state index in [4.69, 9.17) is 11.6 Å². The molecule has 0 heterocycles. The van der Waals surface area contributed by atoms with Crippen molar-refractivity contribution in [1.29, 1.82) is 0 Å². The van der Waals surface area contributed by atoms with E-state index in [2.05, 4.69) is 23.5 Å². The van der Waals surface area contributed by atoms with E-state index >= 15 is 0 Å². The summed E-state index contributed by atoms with van der Waals surface area (Å²) in [4.78, 5) is 0. The predicted molar refractivity (Wildman–Crippen MR) is 86.9 cm³/mol. The van der Waals surface area contributed by atoms with E-state index in [9.17, 15) is 5.11 Å². The number of nitrogens with one attached hydrogen (secondary N) is 1. The molecule has 2 N–H and O–H groups in total. The van der Waals surface area contributed by atoms with Gasteiger partial charge in [-0.25, -0.2) is 0 Å². The highest BCUT2D eigenvalue weighted by atomic mass is 35.5. The Morgan fingerprint density at radius 2 is 1.95 bits per heavy atom. The Balaban J connectivity index is 1.60. The molecule has 2 aromatic rings. The summed E-state index contributed by atoms with van der Waals surface area (Å²) in [5.74, 6) is 0.371. The van der Waals surface area contributed by atoms with Crippen LogP contribution in [-0.2, 0) is 12.8 Å². The lowest BCUT2D eigenvalue weighted by molar-refractivity contribution is 0.452. The van der Waals surface area contributed by atoms with Crippen LogP contribution in [0.25, 0.3) is 0 Å². The number of halogens is 1. The molecule has 0 saturated carbocycles. The zero-order valence-corrected chi connectivity index (χ0v) is 12.7. The fourth-order valence-electron chi connectivity index (χ4n) is 3.05. The highest BCUT2D eigenvalue weighted by Gasteiger charge is 2.19. The minimum Gasteiger partial charge on any atom is -0.508 e. The standard InChI is InChI=1S/C18H20ClNO/c19-15-6-4-13(5-7-15)10-11-20-18-3-1-2-14-12-16(21)8-9-17(14)18/h4-9,12,18,20-21H,1-3,10-11H2. The summed E-state index contributed by atoms with van der Waals surface area (Å²) in [7, 11) is 0. The normalized spacial score (nSPS) is 17.5. The van der Waals surface area contributed by atoms with Crippen molar-refractivity contribution in [2.75, 3.05) is 6.54 Å². The van der Waals surface area contributed by atoms with E-state index in [0.717, 1.165) is 24.4 Å². The maximum Gasteiger partial charge on any atom is 0.115 e. The SMILES string of the molecule is Oc1ccc2c(c1)CCCC2NCCc1ccc(Cl)cc1. The summed E-state index contributed by atoms with van der Waals surface area (Å²) in [5.41, 5.74) is 3.93. The van der Waals surface area contributed by atoms with Gasteiger partial charge in [-0.1, -0.05) is 29.8 Å². The Morgan fingerprint density at radius 1 is 1.14 bits per heavy atom. The Labute approximate surface area is 130 Å². The van der Waals surface area contributed by atoms with Crippen LogP contribution in [0, 0.1) is 0 Å². The van der Waals surface area contributed by atoms with E-state index < -0.39 is 0 Å². The van der Waals surface area contributed by atoms with Gasteiger partial charge in [-0.05, 0) is 73.2 Å². The number of hydrogen-bond acceptors (Lipinski definition) is 2. The van der Waals surface area contributed by atoms with E-state index in [1.165, 1.54) is 29.5 Å². The van der Waals surface area contributed by atoms with Gasteiger partial charge < -0.3 is 10.4 Å². The zero-order chi connectivity index (χ0) is 14.7. The lowest BCUT2D eigenvalue weighted by atomic mass is 9.87. The van der Waals surface area contributed by atoms with E-state index in [-0.39, 0.29) is 0 Å². The highest BCUT2D eigenvalue weighted by molar-refractivity contribution is 6.30. The van der Waals surface area contributed by atoms with Gasteiger partial charge in [0.05, 0.1) is 0 Å². The molecule has 0 fully saturated rings. The highest BCUT2D eigenvalue weighted by Crippen LogP contribution is 2.31. The first-order valence-electron chi connectivity index (χ1n) is 7.52. The third kappa shape index (κ3) is 3.58. The van der Waals surface area contributed by atoms with Crippen LogP contribution in [0.1, 0.15) is 35.6 Å². The lowest BCUT2D eigenvalue weighted by Gasteiger charge is -2.26.